The van der Waals surface area contributed by atoms with Crippen LogP contribution in [0.3, 0.4) is 0 Å². The summed E-state index contributed by atoms with van der Waals surface area (Å²) in [4.78, 5) is 0. The molecule has 7 nitrogen and oxygen atoms in total. The van der Waals surface area contributed by atoms with E-state index in [9.17, 15) is 8.42 Å². The normalized spacial score (nSPS) is 13.8. The third-order valence-corrected chi connectivity index (χ3v) is 3.61. The Balaban J connectivity index is 3.07. The van der Waals surface area contributed by atoms with Gasteiger partial charge in [0.2, 0.25) is 0 Å². The molecular formula is C10H20N4O3S. The summed E-state index contributed by atoms with van der Waals surface area (Å²) in [5, 5.41) is 12.5. The van der Waals surface area contributed by atoms with Crippen LogP contribution in [-0.4, -0.2) is 36.9 Å². The highest BCUT2D eigenvalue weighted by Gasteiger charge is 2.21. The Morgan fingerprint density at radius 2 is 2.11 bits per heavy atom. The van der Waals surface area contributed by atoms with E-state index in [1.54, 1.807) is 7.11 Å². The van der Waals surface area contributed by atoms with Crippen molar-refractivity contribution in [2.24, 2.45) is 11.1 Å². The van der Waals surface area contributed by atoms with Gasteiger partial charge in [0, 0.05) is 20.1 Å². The van der Waals surface area contributed by atoms with Crippen LogP contribution in [0.25, 0.3) is 0 Å². The summed E-state index contributed by atoms with van der Waals surface area (Å²) in [5.41, 5.74) is 0. The van der Waals surface area contributed by atoms with E-state index in [0.717, 1.165) is 6.42 Å². The van der Waals surface area contributed by atoms with Gasteiger partial charge in [-0.25, -0.2) is 13.6 Å². The van der Waals surface area contributed by atoms with Gasteiger partial charge in [-0.05, 0) is 5.92 Å². The van der Waals surface area contributed by atoms with Crippen molar-refractivity contribution in [3.8, 4) is 0 Å². The molecule has 1 aromatic rings. The molecule has 0 aliphatic heterocycles. The van der Waals surface area contributed by atoms with E-state index in [0.29, 0.717) is 31.3 Å². The van der Waals surface area contributed by atoms with Crippen molar-refractivity contribution in [2.45, 2.75) is 38.4 Å². The molecule has 0 saturated heterocycles. The molecule has 0 aliphatic carbocycles. The number of hydrogen-bond donors (Lipinski definition) is 1. The number of sulfonamides is 1. The number of rotatable bonds is 7. The predicted octanol–water partition coefficient (Wildman–Crippen LogP) is 0.161. The third-order valence-electron chi connectivity index (χ3n) is 2.79. The van der Waals surface area contributed by atoms with Gasteiger partial charge >= 0.3 is 0 Å². The molecule has 0 aromatic carbocycles. The molecule has 0 radical (unpaired) electrons. The Morgan fingerprint density at radius 1 is 1.44 bits per heavy atom. The maximum absolute atomic E-state index is 11.4. The van der Waals surface area contributed by atoms with Gasteiger partial charge in [0.25, 0.3) is 15.2 Å². The molecule has 1 aromatic heterocycles. The highest BCUT2D eigenvalue weighted by atomic mass is 32.2. The van der Waals surface area contributed by atoms with E-state index in [1.165, 1.54) is 4.57 Å². The van der Waals surface area contributed by atoms with Crippen LogP contribution in [0.5, 0.6) is 0 Å². The van der Waals surface area contributed by atoms with Gasteiger partial charge in [-0.15, -0.1) is 10.2 Å². The Labute approximate surface area is 107 Å². The molecule has 0 bridgehead atoms. The number of ether oxygens (including phenoxy) is 1. The van der Waals surface area contributed by atoms with Crippen molar-refractivity contribution in [3.05, 3.63) is 5.82 Å². The molecule has 1 rings (SSSR count). The van der Waals surface area contributed by atoms with Crippen LogP contribution >= 0.6 is 0 Å². The van der Waals surface area contributed by atoms with Gasteiger partial charge in [-0.1, -0.05) is 20.3 Å². The van der Waals surface area contributed by atoms with E-state index < -0.39 is 10.0 Å². The second-order valence-electron chi connectivity index (χ2n) is 4.31. The molecule has 0 amide bonds. The topological polar surface area (TPSA) is 100 Å². The van der Waals surface area contributed by atoms with Gasteiger partial charge < -0.3 is 4.74 Å². The summed E-state index contributed by atoms with van der Waals surface area (Å²) in [7, 11) is -2.30. The van der Waals surface area contributed by atoms with Gasteiger partial charge in [-0.3, -0.25) is 4.57 Å². The highest BCUT2D eigenvalue weighted by molar-refractivity contribution is 7.89. The standard InChI is InChI=1S/C10H20N4O3S/c1-4-8(2)7-9-12-13-10(18(11,15)16)14(9)5-6-17-3/h8H,4-7H2,1-3H3,(H2,11,15,16). The molecule has 104 valence electrons. The minimum Gasteiger partial charge on any atom is -0.383 e. The lowest BCUT2D eigenvalue weighted by atomic mass is 10.1. The zero-order chi connectivity index (χ0) is 13.8. The van der Waals surface area contributed by atoms with Crippen molar-refractivity contribution < 1.29 is 13.2 Å². The lowest BCUT2D eigenvalue weighted by Crippen LogP contribution is -2.21. The quantitative estimate of drug-likeness (QED) is 0.764. The Bertz CT molecular complexity index is 483. The monoisotopic (exact) mass is 276 g/mol. The summed E-state index contributed by atoms with van der Waals surface area (Å²) in [5.74, 6) is 1.04. The molecule has 0 saturated carbocycles. The number of hydrogen-bond acceptors (Lipinski definition) is 5. The second-order valence-corrected chi connectivity index (χ2v) is 5.76. The van der Waals surface area contributed by atoms with E-state index in [4.69, 9.17) is 9.88 Å². The van der Waals surface area contributed by atoms with Crippen LogP contribution in [0.15, 0.2) is 5.16 Å². The summed E-state index contributed by atoms with van der Waals surface area (Å²) < 4.78 is 29.3. The average molecular weight is 276 g/mol. The lowest BCUT2D eigenvalue weighted by molar-refractivity contribution is 0.183. The van der Waals surface area contributed by atoms with Crippen molar-refractivity contribution in [1.82, 2.24) is 14.8 Å². The molecule has 8 heteroatoms. The van der Waals surface area contributed by atoms with Crippen LogP contribution in [0.4, 0.5) is 0 Å². The third kappa shape index (κ3) is 3.76. The van der Waals surface area contributed by atoms with Crippen LogP contribution in [0.2, 0.25) is 0 Å². The lowest BCUT2D eigenvalue weighted by Gasteiger charge is -2.11. The molecule has 1 heterocycles. The molecule has 1 unspecified atom stereocenters. The van der Waals surface area contributed by atoms with Gasteiger partial charge in [-0.2, -0.15) is 0 Å². The van der Waals surface area contributed by atoms with Crippen molar-refractivity contribution >= 4 is 10.0 Å². The molecule has 0 fully saturated rings. The summed E-state index contributed by atoms with van der Waals surface area (Å²) in [6.45, 7) is 4.90. The van der Waals surface area contributed by atoms with Crippen LogP contribution in [-0.2, 0) is 27.7 Å². The van der Waals surface area contributed by atoms with Gasteiger partial charge in [0.05, 0.1) is 6.61 Å². The first-order valence-corrected chi connectivity index (χ1v) is 7.38. The first-order chi connectivity index (χ1) is 8.40. The van der Waals surface area contributed by atoms with E-state index in [1.807, 2.05) is 0 Å². The maximum atomic E-state index is 11.4. The number of primary sulfonamides is 1. The molecule has 1 atom stereocenters. The average Bonchev–Trinajstić information content (AvgIpc) is 2.68. The fourth-order valence-corrected chi connectivity index (χ4v) is 2.20. The van der Waals surface area contributed by atoms with E-state index in [2.05, 4.69) is 24.0 Å². The fraction of sp³-hybridized carbons (Fsp3) is 0.800. The molecule has 0 spiro atoms. The summed E-state index contributed by atoms with van der Waals surface area (Å²) in [6.07, 6.45) is 1.66. The van der Waals surface area contributed by atoms with Crippen LogP contribution < -0.4 is 5.14 Å². The minimum absolute atomic E-state index is 0.196. The Morgan fingerprint density at radius 3 is 2.61 bits per heavy atom. The predicted molar refractivity (Wildman–Crippen MR) is 66.4 cm³/mol. The van der Waals surface area contributed by atoms with Crippen LogP contribution in [0, 0.1) is 5.92 Å². The number of nitrogens with two attached hydrogens (primary N) is 1. The van der Waals surface area contributed by atoms with Crippen molar-refractivity contribution in [3.63, 3.8) is 0 Å². The molecule has 0 aliphatic rings. The smallest absolute Gasteiger partial charge is 0.273 e. The zero-order valence-corrected chi connectivity index (χ0v) is 11.8. The van der Waals surface area contributed by atoms with E-state index in [-0.39, 0.29) is 5.16 Å². The largest absolute Gasteiger partial charge is 0.383 e. The summed E-state index contributed by atoms with van der Waals surface area (Å²) >= 11 is 0. The fourth-order valence-electron chi connectivity index (χ4n) is 1.54. The van der Waals surface area contributed by atoms with Crippen molar-refractivity contribution in [1.29, 1.82) is 0 Å². The SMILES string of the molecule is CCC(C)Cc1nnc(S(N)(=O)=O)n1CCOC. The Kier molecular flexibility index (Phi) is 5.24. The molecular weight excluding hydrogens is 256 g/mol. The zero-order valence-electron chi connectivity index (χ0n) is 11.0. The minimum atomic E-state index is -3.85. The summed E-state index contributed by atoms with van der Waals surface area (Å²) in [6, 6.07) is 0. The molecule has 18 heavy (non-hydrogen) atoms. The van der Waals surface area contributed by atoms with Gasteiger partial charge in [0.15, 0.2) is 0 Å². The Hall–Kier alpha value is -0.990. The number of methoxy groups -OCH3 is 1. The maximum Gasteiger partial charge on any atom is 0.273 e. The van der Waals surface area contributed by atoms with E-state index >= 15 is 0 Å². The number of aromatic nitrogens is 3. The first kappa shape index (κ1) is 15.1. The van der Waals surface area contributed by atoms with Gasteiger partial charge in [0.1, 0.15) is 5.82 Å². The highest BCUT2D eigenvalue weighted by Crippen LogP contribution is 2.13. The number of nitrogens with zero attached hydrogens (tertiary/aromatic N) is 3. The second kappa shape index (κ2) is 6.26. The first-order valence-electron chi connectivity index (χ1n) is 5.84. The van der Waals surface area contributed by atoms with Crippen molar-refractivity contribution in [2.75, 3.05) is 13.7 Å². The van der Waals surface area contributed by atoms with Crippen LogP contribution in [0.1, 0.15) is 26.1 Å². The molecule has 2 N–H and O–H groups in total.